The van der Waals surface area contributed by atoms with E-state index in [-0.39, 0.29) is 24.4 Å². The molecule has 1 spiro atoms. The summed E-state index contributed by atoms with van der Waals surface area (Å²) >= 11 is 8.05. The number of hydrogen-bond acceptors (Lipinski definition) is 6. The van der Waals surface area contributed by atoms with Gasteiger partial charge < -0.3 is 19.6 Å². The Bertz CT molecular complexity index is 1140. The molecule has 2 fully saturated rings. The topological polar surface area (TPSA) is 87.1 Å². The number of para-hydroxylation sites is 1. The second-order valence-electron chi connectivity index (χ2n) is 10.3. The number of amides is 2. The quantitative estimate of drug-likeness (QED) is 0.331. The minimum absolute atomic E-state index is 0.0837. The SMILES string of the molecule is C[C@@]12/C=C\CCCOC(=O)[C@@H]1[C@H]1C(=O)N(CCCCCO)C3C(=O)N(c4ccccc4Cl)CC=C[C@@]31S2. The van der Waals surface area contributed by atoms with Crippen LogP contribution in [0.4, 0.5) is 5.69 Å². The van der Waals surface area contributed by atoms with Gasteiger partial charge in [0.2, 0.25) is 5.91 Å². The summed E-state index contributed by atoms with van der Waals surface area (Å²) in [6.45, 7) is 3.09. The number of esters is 1. The van der Waals surface area contributed by atoms with Crippen molar-refractivity contribution < 1.29 is 24.2 Å². The summed E-state index contributed by atoms with van der Waals surface area (Å²) in [4.78, 5) is 45.4. The van der Waals surface area contributed by atoms with Crippen molar-refractivity contribution in [2.24, 2.45) is 11.8 Å². The van der Waals surface area contributed by atoms with Gasteiger partial charge in [-0.3, -0.25) is 14.4 Å². The van der Waals surface area contributed by atoms with Gasteiger partial charge in [0, 0.05) is 24.4 Å². The number of thioether (sulfide) groups is 1. The maximum absolute atomic E-state index is 14.4. The van der Waals surface area contributed by atoms with Crippen LogP contribution in [0.25, 0.3) is 0 Å². The summed E-state index contributed by atoms with van der Waals surface area (Å²) in [6.07, 6.45) is 11.6. The van der Waals surface area contributed by atoms with Crippen molar-refractivity contribution in [1.29, 1.82) is 0 Å². The summed E-state index contributed by atoms with van der Waals surface area (Å²) in [5.41, 5.74) is 0.600. The largest absolute Gasteiger partial charge is 0.465 e. The molecule has 1 unspecified atom stereocenters. The third kappa shape index (κ3) is 4.41. The lowest BCUT2D eigenvalue weighted by molar-refractivity contribution is -0.154. The average Bonchev–Trinajstić information content (AvgIpc) is 3.22. The molecule has 2 amide bonds. The maximum Gasteiger partial charge on any atom is 0.311 e. The molecule has 37 heavy (non-hydrogen) atoms. The molecule has 198 valence electrons. The van der Waals surface area contributed by atoms with Gasteiger partial charge in [0.15, 0.2) is 0 Å². The molecule has 9 heteroatoms. The average molecular weight is 545 g/mol. The predicted molar refractivity (Wildman–Crippen MR) is 144 cm³/mol. The highest BCUT2D eigenvalue weighted by atomic mass is 35.5. The highest BCUT2D eigenvalue weighted by Crippen LogP contribution is 2.65. The highest BCUT2D eigenvalue weighted by molar-refractivity contribution is 8.02. The molecular formula is C28H33ClN2O5S. The number of anilines is 1. The maximum atomic E-state index is 14.4. The van der Waals surface area contributed by atoms with Crippen LogP contribution in [0.5, 0.6) is 0 Å². The lowest BCUT2D eigenvalue weighted by atomic mass is 9.74. The first-order chi connectivity index (χ1) is 17.8. The lowest BCUT2D eigenvalue weighted by Gasteiger charge is -2.37. The van der Waals surface area contributed by atoms with E-state index in [0.717, 1.165) is 19.3 Å². The van der Waals surface area contributed by atoms with Crippen molar-refractivity contribution in [3.05, 3.63) is 53.6 Å². The highest BCUT2D eigenvalue weighted by Gasteiger charge is 2.73. The van der Waals surface area contributed by atoms with E-state index in [4.69, 9.17) is 16.3 Å². The first kappa shape index (κ1) is 26.3. The van der Waals surface area contributed by atoms with Crippen LogP contribution in [0.1, 0.15) is 39.0 Å². The van der Waals surface area contributed by atoms with E-state index in [9.17, 15) is 19.5 Å². The van der Waals surface area contributed by atoms with Crippen LogP contribution in [0, 0.1) is 11.8 Å². The van der Waals surface area contributed by atoms with Gasteiger partial charge in [-0.05, 0) is 51.2 Å². The molecule has 7 nitrogen and oxygen atoms in total. The molecule has 0 bridgehead atoms. The van der Waals surface area contributed by atoms with E-state index in [0.29, 0.717) is 43.2 Å². The zero-order valence-electron chi connectivity index (χ0n) is 21.0. The van der Waals surface area contributed by atoms with Crippen molar-refractivity contribution in [2.45, 2.75) is 54.6 Å². The first-order valence-electron chi connectivity index (χ1n) is 13.0. The van der Waals surface area contributed by atoms with E-state index in [2.05, 4.69) is 6.08 Å². The van der Waals surface area contributed by atoms with E-state index in [1.165, 1.54) is 0 Å². The van der Waals surface area contributed by atoms with Gasteiger partial charge in [-0.25, -0.2) is 0 Å². The lowest BCUT2D eigenvalue weighted by Crippen LogP contribution is -2.53. The predicted octanol–water partition coefficient (Wildman–Crippen LogP) is 3.99. The van der Waals surface area contributed by atoms with Crippen LogP contribution in [0.3, 0.4) is 0 Å². The second-order valence-corrected chi connectivity index (χ2v) is 12.5. The van der Waals surface area contributed by atoms with Gasteiger partial charge in [0.1, 0.15) is 6.04 Å². The first-order valence-corrected chi connectivity index (χ1v) is 14.2. The van der Waals surface area contributed by atoms with Crippen LogP contribution >= 0.6 is 23.4 Å². The number of carbonyl (C=O) groups is 3. The van der Waals surface area contributed by atoms with Crippen LogP contribution in [-0.2, 0) is 19.1 Å². The number of aliphatic hydroxyl groups excluding tert-OH is 1. The molecule has 2 saturated heterocycles. The van der Waals surface area contributed by atoms with Crippen molar-refractivity contribution >= 4 is 46.8 Å². The van der Waals surface area contributed by atoms with Crippen LogP contribution in [-0.4, -0.2) is 69.6 Å². The number of ether oxygens (including phenoxy) is 1. The molecule has 0 aromatic heterocycles. The minimum Gasteiger partial charge on any atom is -0.465 e. The Hall–Kier alpha value is -2.29. The van der Waals surface area contributed by atoms with E-state index in [1.54, 1.807) is 27.6 Å². The zero-order chi connectivity index (χ0) is 26.2. The number of fused-ring (bicyclic) bond motifs is 2. The van der Waals surface area contributed by atoms with E-state index >= 15 is 0 Å². The summed E-state index contributed by atoms with van der Waals surface area (Å²) in [5, 5.41) is 9.69. The number of likely N-dealkylation sites (tertiary alicyclic amines) is 1. The Morgan fingerprint density at radius 3 is 2.68 bits per heavy atom. The molecule has 1 aromatic carbocycles. The van der Waals surface area contributed by atoms with Gasteiger partial charge in [-0.2, -0.15) is 0 Å². The fourth-order valence-electron chi connectivity index (χ4n) is 6.33. The van der Waals surface area contributed by atoms with Crippen LogP contribution in [0.2, 0.25) is 5.02 Å². The second kappa shape index (κ2) is 10.5. The monoisotopic (exact) mass is 544 g/mol. The summed E-state index contributed by atoms with van der Waals surface area (Å²) in [7, 11) is 0. The van der Waals surface area contributed by atoms with Gasteiger partial charge in [0.05, 0.1) is 33.9 Å². The summed E-state index contributed by atoms with van der Waals surface area (Å²) in [5.74, 6) is -2.17. The normalized spacial score (nSPS) is 34.1. The molecular weight excluding hydrogens is 512 g/mol. The molecule has 4 aliphatic rings. The summed E-state index contributed by atoms with van der Waals surface area (Å²) < 4.78 is 4.06. The molecule has 1 aromatic rings. The Labute approximate surface area is 226 Å². The van der Waals surface area contributed by atoms with Gasteiger partial charge >= 0.3 is 5.97 Å². The zero-order valence-corrected chi connectivity index (χ0v) is 22.5. The Kier molecular flexibility index (Phi) is 7.44. The standard InChI is InChI=1S/C28H33ClN2O5S/c1-27-13-6-2-9-18-36-26(35)22(27)21-24(33)31(15-7-3-8-17-32)23-25(34)30(16-10-14-28(21,23)37-27)20-12-5-4-11-19(20)29/h4-6,10-14,21-23,32H,2-3,7-9,15-18H2,1H3/b13-6-/t21-,22-,23?,27+,28-/m0/s1. The van der Waals surface area contributed by atoms with Crippen molar-refractivity contribution in [3.8, 4) is 0 Å². The van der Waals surface area contributed by atoms with E-state index < -0.39 is 27.4 Å². The molecule has 5 rings (SSSR count). The Morgan fingerprint density at radius 2 is 1.89 bits per heavy atom. The van der Waals surface area contributed by atoms with Gasteiger partial charge in [0.25, 0.3) is 5.91 Å². The number of nitrogens with zero attached hydrogens (tertiary/aromatic N) is 2. The number of aliphatic hydroxyl groups is 1. The molecule has 1 N–H and O–H groups in total. The van der Waals surface area contributed by atoms with Crippen molar-refractivity contribution in [2.75, 3.05) is 31.2 Å². The van der Waals surface area contributed by atoms with E-state index in [1.807, 2.05) is 43.4 Å². The minimum atomic E-state index is -0.914. The number of rotatable bonds is 6. The summed E-state index contributed by atoms with van der Waals surface area (Å²) in [6, 6.07) is 6.43. The number of halogens is 1. The third-order valence-electron chi connectivity index (χ3n) is 7.95. The molecule has 0 aliphatic carbocycles. The number of benzene rings is 1. The fraction of sp³-hybridized carbons (Fsp3) is 0.536. The Balaban J connectivity index is 1.61. The van der Waals surface area contributed by atoms with Crippen LogP contribution < -0.4 is 4.90 Å². The third-order valence-corrected chi connectivity index (χ3v) is 10.1. The molecule has 5 atom stereocenters. The fourth-order valence-corrected chi connectivity index (χ4v) is 8.72. The molecule has 4 heterocycles. The number of hydrogen-bond donors (Lipinski definition) is 1. The molecule has 4 aliphatic heterocycles. The smallest absolute Gasteiger partial charge is 0.311 e. The molecule has 0 saturated carbocycles. The Morgan fingerprint density at radius 1 is 1.08 bits per heavy atom. The number of carbonyl (C=O) groups excluding carboxylic acids is 3. The van der Waals surface area contributed by atoms with Crippen LogP contribution in [0.15, 0.2) is 48.6 Å². The van der Waals surface area contributed by atoms with Gasteiger partial charge in [-0.15, -0.1) is 11.8 Å². The number of cyclic esters (lactones) is 1. The van der Waals surface area contributed by atoms with Crippen molar-refractivity contribution in [1.82, 2.24) is 4.90 Å². The number of unbranched alkanes of at least 4 members (excludes halogenated alkanes) is 2. The van der Waals surface area contributed by atoms with Gasteiger partial charge in [-0.1, -0.05) is 48.0 Å². The molecule has 0 radical (unpaired) electrons. The number of allylic oxidation sites excluding steroid dienone is 1. The van der Waals surface area contributed by atoms with Crippen molar-refractivity contribution in [3.63, 3.8) is 0 Å².